The van der Waals surface area contributed by atoms with Crippen molar-refractivity contribution in [2.75, 3.05) is 25.0 Å². The lowest BCUT2D eigenvalue weighted by Gasteiger charge is -2.32. The summed E-state index contributed by atoms with van der Waals surface area (Å²) in [4.78, 5) is 25.3. The lowest BCUT2D eigenvalue weighted by molar-refractivity contribution is -0.120. The van der Waals surface area contributed by atoms with Crippen molar-refractivity contribution in [1.29, 1.82) is 0 Å². The molecule has 0 aliphatic carbocycles. The molecule has 0 unspecified atom stereocenters. The van der Waals surface area contributed by atoms with Gasteiger partial charge in [0.15, 0.2) is 0 Å². The van der Waals surface area contributed by atoms with Crippen LogP contribution < -0.4 is 10.6 Å². The molecule has 1 heterocycles. The minimum Gasteiger partial charge on any atom is -0.352 e. The molecule has 1 atom stereocenters. The van der Waals surface area contributed by atoms with E-state index < -0.39 is 0 Å². The lowest BCUT2D eigenvalue weighted by Crippen LogP contribution is -2.47. The summed E-state index contributed by atoms with van der Waals surface area (Å²) in [5.74, 6) is -0.470. The molecule has 1 saturated heterocycles. The van der Waals surface area contributed by atoms with Crippen LogP contribution in [-0.2, 0) is 9.59 Å². The number of amides is 2. The van der Waals surface area contributed by atoms with Gasteiger partial charge in [-0.3, -0.25) is 9.59 Å². The second-order valence-electron chi connectivity index (χ2n) is 6.10. The molecule has 0 spiro atoms. The van der Waals surface area contributed by atoms with Gasteiger partial charge in [-0.25, -0.2) is 4.39 Å². The average molecular weight is 321 g/mol. The molecule has 2 rings (SSSR count). The Balaban J connectivity index is 1.77. The molecule has 0 saturated carbocycles. The maximum atomic E-state index is 13.5. The monoisotopic (exact) mass is 321 g/mol. The van der Waals surface area contributed by atoms with Gasteiger partial charge in [-0.1, -0.05) is 6.07 Å². The normalized spacial score (nSPS) is 18.5. The SMILES string of the molecule is CC(=O)N[C@H]1CCCN(CCC(=O)Nc2ccc(C)c(F)c2)C1. The van der Waals surface area contributed by atoms with E-state index in [9.17, 15) is 14.0 Å². The first kappa shape index (κ1) is 17.4. The van der Waals surface area contributed by atoms with Gasteiger partial charge in [-0.05, 0) is 44.0 Å². The highest BCUT2D eigenvalue weighted by atomic mass is 19.1. The summed E-state index contributed by atoms with van der Waals surface area (Å²) in [6.45, 7) is 5.54. The number of anilines is 1. The van der Waals surface area contributed by atoms with E-state index in [0.29, 0.717) is 24.2 Å². The molecule has 6 heteroatoms. The van der Waals surface area contributed by atoms with Crippen molar-refractivity contribution in [2.45, 2.75) is 39.2 Å². The van der Waals surface area contributed by atoms with Gasteiger partial charge >= 0.3 is 0 Å². The van der Waals surface area contributed by atoms with Gasteiger partial charge < -0.3 is 15.5 Å². The van der Waals surface area contributed by atoms with Crippen molar-refractivity contribution in [3.05, 3.63) is 29.6 Å². The van der Waals surface area contributed by atoms with E-state index >= 15 is 0 Å². The molecule has 1 aliphatic rings. The van der Waals surface area contributed by atoms with Crippen LogP contribution in [0.4, 0.5) is 10.1 Å². The minimum atomic E-state index is -0.322. The first-order chi connectivity index (χ1) is 10.9. The molecular weight excluding hydrogens is 297 g/mol. The Kier molecular flexibility index (Phi) is 6.10. The largest absolute Gasteiger partial charge is 0.352 e. The number of carbonyl (C=O) groups excluding carboxylic acids is 2. The summed E-state index contributed by atoms with van der Waals surface area (Å²) in [6, 6.07) is 4.84. The fourth-order valence-corrected chi connectivity index (χ4v) is 2.82. The smallest absolute Gasteiger partial charge is 0.225 e. The molecule has 0 radical (unpaired) electrons. The Morgan fingerprint density at radius 3 is 2.87 bits per heavy atom. The molecule has 0 bridgehead atoms. The van der Waals surface area contributed by atoms with Crippen molar-refractivity contribution < 1.29 is 14.0 Å². The quantitative estimate of drug-likeness (QED) is 0.873. The van der Waals surface area contributed by atoms with E-state index in [1.165, 1.54) is 13.0 Å². The third-order valence-corrected chi connectivity index (χ3v) is 4.02. The molecule has 1 aromatic carbocycles. The molecule has 1 aromatic rings. The molecule has 2 amide bonds. The fourth-order valence-electron chi connectivity index (χ4n) is 2.82. The summed E-state index contributed by atoms with van der Waals surface area (Å²) < 4.78 is 13.5. The van der Waals surface area contributed by atoms with Crippen LogP contribution >= 0.6 is 0 Å². The van der Waals surface area contributed by atoms with Gasteiger partial charge in [0.25, 0.3) is 0 Å². The van der Waals surface area contributed by atoms with Crippen LogP contribution in [0.5, 0.6) is 0 Å². The van der Waals surface area contributed by atoms with Gasteiger partial charge in [-0.2, -0.15) is 0 Å². The number of hydrogen-bond acceptors (Lipinski definition) is 3. The summed E-state index contributed by atoms with van der Waals surface area (Å²) in [7, 11) is 0. The van der Waals surface area contributed by atoms with E-state index in [2.05, 4.69) is 15.5 Å². The van der Waals surface area contributed by atoms with Gasteiger partial charge in [0.05, 0.1) is 0 Å². The standard InChI is InChI=1S/C17H24FN3O2/c1-12-5-6-14(10-16(12)18)20-17(23)7-9-21-8-3-4-15(11-21)19-13(2)22/h5-6,10,15H,3-4,7-9,11H2,1-2H3,(H,19,22)(H,20,23)/t15-/m0/s1. The Morgan fingerprint density at radius 1 is 1.39 bits per heavy atom. The molecule has 23 heavy (non-hydrogen) atoms. The number of aryl methyl sites for hydroxylation is 1. The van der Waals surface area contributed by atoms with E-state index in [1.54, 1.807) is 19.1 Å². The molecule has 1 fully saturated rings. The molecule has 1 aliphatic heterocycles. The molecular formula is C17H24FN3O2. The number of piperidine rings is 1. The Bertz CT molecular complexity index is 577. The zero-order valence-electron chi connectivity index (χ0n) is 13.7. The third kappa shape index (κ3) is 5.63. The lowest BCUT2D eigenvalue weighted by atomic mass is 10.1. The Labute approximate surface area is 136 Å². The number of hydrogen-bond donors (Lipinski definition) is 2. The minimum absolute atomic E-state index is 0.0176. The van der Waals surface area contributed by atoms with Gasteiger partial charge in [0.2, 0.25) is 11.8 Å². The zero-order chi connectivity index (χ0) is 16.8. The van der Waals surface area contributed by atoms with Crippen LogP contribution in [0.1, 0.15) is 31.7 Å². The van der Waals surface area contributed by atoms with E-state index in [-0.39, 0.29) is 23.7 Å². The van der Waals surface area contributed by atoms with Gasteiger partial charge in [0, 0.05) is 38.2 Å². The second-order valence-corrected chi connectivity index (χ2v) is 6.10. The molecule has 0 aromatic heterocycles. The first-order valence-corrected chi connectivity index (χ1v) is 7.99. The summed E-state index contributed by atoms with van der Waals surface area (Å²) in [5.41, 5.74) is 1.04. The highest BCUT2D eigenvalue weighted by Gasteiger charge is 2.20. The summed E-state index contributed by atoms with van der Waals surface area (Å²) in [6.07, 6.45) is 2.34. The van der Waals surface area contributed by atoms with Gasteiger partial charge in [0.1, 0.15) is 5.82 Å². The van der Waals surface area contributed by atoms with Crippen LogP contribution in [0, 0.1) is 12.7 Å². The second kappa shape index (κ2) is 8.06. The highest BCUT2D eigenvalue weighted by Crippen LogP contribution is 2.14. The number of halogens is 1. The van der Waals surface area contributed by atoms with Crippen molar-refractivity contribution >= 4 is 17.5 Å². The van der Waals surface area contributed by atoms with E-state index in [0.717, 1.165) is 25.9 Å². The van der Waals surface area contributed by atoms with Crippen LogP contribution in [0.2, 0.25) is 0 Å². The summed E-state index contributed by atoms with van der Waals surface area (Å²) >= 11 is 0. The Morgan fingerprint density at radius 2 is 2.17 bits per heavy atom. The van der Waals surface area contributed by atoms with Gasteiger partial charge in [-0.15, -0.1) is 0 Å². The molecule has 126 valence electrons. The number of nitrogens with zero attached hydrogens (tertiary/aromatic N) is 1. The maximum Gasteiger partial charge on any atom is 0.225 e. The van der Waals surface area contributed by atoms with Crippen molar-refractivity contribution in [3.8, 4) is 0 Å². The number of benzene rings is 1. The number of nitrogens with one attached hydrogen (secondary N) is 2. The van der Waals surface area contributed by atoms with Crippen LogP contribution in [0.3, 0.4) is 0 Å². The van der Waals surface area contributed by atoms with E-state index in [4.69, 9.17) is 0 Å². The number of likely N-dealkylation sites (tertiary alicyclic amines) is 1. The maximum absolute atomic E-state index is 13.5. The van der Waals surface area contributed by atoms with Crippen LogP contribution in [-0.4, -0.2) is 42.4 Å². The topological polar surface area (TPSA) is 61.4 Å². The van der Waals surface area contributed by atoms with E-state index in [1.807, 2.05) is 0 Å². The predicted octanol–water partition coefficient (Wildman–Crippen LogP) is 2.06. The van der Waals surface area contributed by atoms with Crippen molar-refractivity contribution in [1.82, 2.24) is 10.2 Å². The fraction of sp³-hybridized carbons (Fsp3) is 0.529. The number of carbonyl (C=O) groups is 2. The molecule has 5 nitrogen and oxygen atoms in total. The predicted molar refractivity (Wildman–Crippen MR) is 87.7 cm³/mol. The average Bonchev–Trinajstić information content (AvgIpc) is 2.49. The number of rotatable bonds is 5. The highest BCUT2D eigenvalue weighted by molar-refractivity contribution is 5.90. The summed E-state index contributed by atoms with van der Waals surface area (Å²) in [5, 5.41) is 5.65. The zero-order valence-corrected chi connectivity index (χ0v) is 13.7. The third-order valence-electron chi connectivity index (χ3n) is 4.02. The van der Waals surface area contributed by atoms with Crippen LogP contribution in [0.15, 0.2) is 18.2 Å². The van der Waals surface area contributed by atoms with Crippen LogP contribution in [0.25, 0.3) is 0 Å². The van der Waals surface area contributed by atoms with Crippen molar-refractivity contribution in [2.24, 2.45) is 0 Å². The van der Waals surface area contributed by atoms with Crippen molar-refractivity contribution in [3.63, 3.8) is 0 Å². The molecule has 2 N–H and O–H groups in total. The first-order valence-electron chi connectivity index (χ1n) is 7.99. The Hall–Kier alpha value is -1.95.